The van der Waals surface area contributed by atoms with Gasteiger partial charge in [0.05, 0.1) is 5.92 Å². The van der Waals surface area contributed by atoms with E-state index in [4.69, 9.17) is 10.0 Å². The minimum absolute atomic E-state index is 0.216. The SMILES string of the molecule is CN(C)C[C@@H]1CC[C@@H](CCB(O)O)C[C@@H]1C(=O)O. The second kappa shape index (κ2) is 7.11. The van der Waals surface area contributed by atoms with E-state index in [9.17, 15) is 9.90 Å². The molecule has 3 atom stereocenters. The van der Waals surface area contributed by atoms with Crippen molar-refractivity contribution in [1.82, 2.24) is 4.90 Å². The number of carboxylic acid groups (broad SMARTS) is 1. The van der Waals surface area contributed by atoms with Crippen LogP contribution >= 0.6 is 0 Å². The fraction of sp³-hybridized carbons (Fsp3) is 0.917. The van der Waals surface area contributed by atoms with Crippen LogP contribution < -0.4 is 0 Å². The lowest BCUT2D eigenvalue weighted by Crippen LogP contribution is -2.37. The molecule has 0 amide bonds. The van der Waals surface area contributed by atoms with Gasteiger partial charge in [-0.2, -0.15) is 0 Å². The molecule has 0 aromatic heterocycles. The summed E-state index contributed by atoms with van der Waals surface area (Å²) in [7, 11) is 2.66. The Kier molecular flexibility index (Phi) is 6.12. The fourth-order valence-electron chi connectivity index (χ4n) is 2.96. The summed E-state index contributed by atoms with van der Waals surface area (Å²) in [5.74, 6) is -0.475. The number of hydrogen-bond acceptors (Lipinski definition) is 4. The van der Waals surface area contributed by atoms with Gasteiger partial charge in [0.25, 0.3) is 0 Å². The van der Waals surface area contributed by atoms with E-state index in [1.807, 2.05) is 19.0 Å². The summed E-state index contributed by atoms with van der Waals surface area (Å²) in [6.45, 7) is 0.812. The summed E-state index contributed by atoms with van der Waals surface area (Å²) in [6.07, 6.45) is 3.63. The maximum Gasteiger partial charge on any atom is 0.451 e. The average molecular weight is 257 g/mol. The van der Waals surface area contributed by atoms with Gasteiger partial charge in [-0.25, -0.2) is 0 Å². The molecule has 1 aliphatic carbocycles. The Bertz CT molecular complexity index is 273. The fourth-order valence-corrected chi connectivity index (χ4v) is 2.96. The minimum atomic E-state index is -1.27. The number of carboxylic acids is 1. The van der Waals surface area contributed by atoms with Gasteiger partial charge in [0, 0.05) is 6.54 Å². The van der Waals surface area contributed by atoms with Gasteiger partial charge in [-0.15, -0.1) is 0 Å². The Labute approximate surface area is 109 Å². The Morgan fingerprint density at radius 2 is 2.00 bits per heavy atom. The molecule has 0 aromatic carbocycles. The first-order chi connectivity index (χ1) is 8.40. The highest BCUT2D eigenvalue weighted by Gasteiger charge is 2.35. The van der Waals surface area contributed by atoms with E-state index in [1.165, 1.54) is 0 Å². The first-order valence-corrected chi connectivity index (χ1v) is 6.63. The lowest BCUT2D eigenvalue weighted by molar-refractivity contribution is -0.146. The predicted molar refractivity (Wildman–Crippen MR) is 70.1 cm³/mol. The van der Waals surface area contributed by atoms with E-state index < -0.39 is 13.1 Å². The Hall–Kier alpha value is -0.585. The largest absolute Gasteiger partial charge is 0.481 e. The number of rotatable bonds is 6. The molecule has 104 valence electrons. The summed E-state index contributed by atoms with van der Waals surface area (Å²) in [5.41, 5.74) is 0. The third-order valence-electron chi connectivity index (χ3n) is 3.85. The number of hydrogen-bond donors (Lipinski definition) is 3. The standard InChI is InChI=1S/C12H24BNO4/c1-14(2)8-10-4-3-9(5-6-13(17)18)7-11(10)12(15)16/h9-11,17-18H,3-8H2,1-2H3,(H,15,16)/t9-,10-,11-/m0/s1. The van der Waals surface area contributed by atoms with Crippen LogP contribution in [-0.2, 0) is 4.79 Å². The zero-order chi connectivity index (χ0) is 13.7. The molecule has 1 rings (SSSR count). The normalized spacial score (nSPS) is 28.4. The number of carbonyl (C=O) groups is 1. The van der Waals surface area contributed by atoms with Crippen molar-refractivity contribution in [3.8, 4) is 0 Å². The second-order valence-electron chi connectivity index (χ2n) is 5.70. The number of nitrogens with zero attached hydrogens (tertiary/aromatic N) is 1. The molecular weight excluding hydrogens is 233 g/mol. The molecule has 18 heavy (non-hydrogen) atoms. The molecule has 1 fully saturated rings. The van der Waals surface area contributed by atoms with E-state index in [2.05, 4.69) is 0 Å². The third-order valence-corrected chi connectivity index (χ3v) is 3.85. The van der Waals surface area contributed by atoms with Crippen molar-refractivity contribution in [2.24, 2.45) is 17.8 Å². The molecule has 0 spiro atoms. The summed E-state index contributed by atoms with van der Waals surface area (Å²) in [4.78, 5) is 13.4. The van der Waals surface area contributed by atoms with Crippen LogP contribution in [0.4, 0.5) is 0 Å². The maximum atomic E-state index is 11.3. The monoisotopic (exact) mass is 257 g/mol. The molecule has 0 unspecified atom stereocenters. The van der Waals surface area contributed by atoms with Gasteiger partial charge in [-0.1, -0.05) is 12.8 Å². The van der Waals surface area contributed by atoms with Gasteiger partial charge in [0.15, 0.2) is 0 Å². The molecule has 0 aliphatic heterocycles. The summed E-state index contributed by atoms with van der Waals surface area (Å²) >= 11 is 0. The van der Waals surface area contributed by atoms with Crippen LogP contribution in [0.15, 0.2) is 0 Å². The van der Waals surface area contributed by atoms with E-state index >= 15 is 0 Å². The van der Waals surface area contributed by atoms with E-state index in [0.717, 1.165) is 19.4 Å². The lowest BCUT2D eigenvalue weighted by atomic mass is 9.70. The molecule has 5 nitrogen and oxygen atoms in total. The highest BCUT2D eigenvalue weighted by atomic mass is 16.4. The van der Waals surface area contributed by atoms with E-state index in [0.29, 0.717) is 25.1 Å². The third kappa shape index (κ3) is 4.96. The zero-order valence-corrected chi connectivity index (χ0v) is 11.2. The van der Waals surface area contributed by atoms with Crippen molar-refractivity contribution < 1.29 is 19.9 Å². The second-order valence-corrected chi connectivity index (χ2v) is 5.70. The quantitative estimate of drug-likeness (QED) is 0.605. The van der Waals surface area contributed by atoms with Crippen LogP contribution in [0.5, 0.6) is 0 Å². The number of aliphatic carboxylic acids is 1. The van der Waals surface area contributed by atoms with Gasteiger partial charge in [-0.3, -0.25) is 4.79 Å². The summed E-state index contributed by atoms with van der Waals surface area (Å²) < 4.78 is 0. The van der Waals surface area contributed by atoms with Crippen LogP contribution in [0, 0.1) is 17.8 Å². The van der Waals surface area contributed by atoms with Crippen LogP contribution in [0.1, 0.15) is 25.7 Å². The van der Waals surface area contributed by atoms with E-state index in [1.54, 1.807) is 0 Å². The van der Waals surface area contributed by atoms with Crippen LogP contribution in [0.3, 0.4) is 0 Å². The Morgan fingerprint density at radius 3 is 2.50 bits per heavy atom. The molecular formula is C12H24BNO4. The van der Waals surface area contributed by atoms with Gasteiger partial charge in [0.1, 0.15) is 0 Å². The van der Waals surface area contributed by atoms with Crippen LogP contribution in [-0.4, -0.2) is 53.8 Å². The first-order valence-electron chi connectivity index (χ1n) is 6.63. The topological polar surface area (TPSA) is 81.0 Å². The van der Waals surface area contributed by atoms with Crippen LogP contribution in [0.2, 0.25) is 6.32 Å². The van der Waals surface area contributed by atoms with Crippen molar-refractivity contribution in [1.29, 1.82) is 0 Å². The van der Waals surface area contributed by atoms with Crippen LogP contribution in [0.25, 0.3) is 0 Å². The molecule has 3 N–H and O–H groups in total. The van der Waals surface area contributed by atoms with E-state index in [-0.39, 0.29) is 11.8 Å². The van der Waals surface area contributed by atoms with Crippen molar-refractivity contribution in [3.05, 3.63) is 0 Å². The molecule has 1 saturated carbocycles. The predicted octanol–water partition coefficient (Wildman–Crippen LogP) is 0.528. The van der Waals surface area contributed by atoms with Crippen molar-refractivity contribution in [2.75, 3.05) is 20.6 Å². The van der Waals surface area contributed by atoms with Crippen molar-refractivity contribution in [3.63, 3.8) is 0 Å². The summed E-state index contributed by atoms with van der Waals surface area (Å²) in [6, 6.07) is 0. The minimum Gasteiger partial charge on any atom is -0.481 e. The first kappa shape index (κ1) is 15.5. The van der Waals surface area contributed by atoms with Gasteiger partial charge >= 0.3 is 13.1 Å². The zero-order valence-electron chi connectivity index (χ0n) is 11.2. The molecule has 0 aromatic rings. The molecule has 0 bridgehead atoms. The maximum absolute atomic E-state index is 11.3. The molecule has 6 heteroatoms. The van der Waals surface area contributed by atoms with Gasteiger partial charge in [0.2, 0.25) is 0 Å². The molecule has 0 heterocycles. The Balaban J connectivity index is 2.51. The smallest absolute Gasteiger partial charge is 0.451 e. The molecule has 1 aliphatic rings. The highest BCUT2D eigenvalue weighted by Crippen LogP contribution is 2.36. The van der Waals surface area contributed by atoms with Crippen molar-refractivity contribution in [2.45, 2.75) is 32.0 Å². The van der Waals surface area contributed by atoms with Gasteiger partial charge < -0.3 is 20.1 Å². The lowest BCUT2D eigenvalue weighted by Gasteiger charge is -2.35. The summed E-state index contributed by atoms with van der Waals surface area (Å²) in [5, 5.41) is 27.0. The van der Waals surface area contributed by atoms with Gasteiger partial charge in [-0.05, 0) is 45.1 Å². The molecule has 0 radical (unpaired) electrons. The van der Waals surface area contributed by atoms with Crippen molar-refractivity contribution >= 4 is 13.1 Å². The Morgan fingerprint density at radius 1 is 1.33 bits per heavy atom. The average Bonchev–Trinajstić information content (AvgIpc) is 2.26. The molecule has 0 saturated heterocycles. The highest BCUT2D eigenvalue weighted by molar-refractivity contribution is 6.40.